The summed E-state index contributed by atoms with van der Waals surface area (Å²) in [4.78, 5) is 2.73. The number of fused-ring (bicyclic) bond motifs is 1. The Bertz CT molecular complexity index is 286. The Morgan fingerprint density at radius 2 is 2.22 bits per heavy atom. The van der Waals surface area contributed by atoms with E-state index in [9.17, 15) is 0 Å². The van der Waals surface area contributed by atoms with Gasteiger partial charge in [0.05, 0.1) is 6.10 Å². The topological polar surface area (TPSA) is 24.5 Å². The van der Waals surface area contributed by atoms with Gasteiger partial charge in [-0.3, -0.25) is 4.90 Å². The van der Waals surface area contributed by atoms with E-state index in [0.717, 1.165) is 18.4 Å². The van der Waals surface area contributed by atoms with Crippen molar-refractivity contribution in [1.29, 1.82) is 0 Å². The molecule has 0 spiro atoms. The molecule has 3 unspecified atom stereocenters. The monoisotopic (exact) mass is 252 g/mol. The zero-order chi connectivity index (χ0) is 12.6. The molecule has 3 heterocycles. The number of nitrogens with one attached hydrogen (secondary N) is 1. The first-order valence-electron chi connectivity index (χ1n) is 7.75. The lowest BCUT2D eigenvalue weighted by Gasteiger charge is -2.35. The maximum atomic E-state index is 5.72. The lowest BCUT2D eigenvalue weighted by atomic mass is 9.85. The highest BCUT2D eigenvalue weighted by molar-refractivity contribution is 5.04. The molecule has 3 aliphatic rings. The molecule has 3 saturated heterocycles. The fraction of sp³-hybridized carbons (Fsp3) is 1.00. The molecule has 3 aliphatic heterocycles. The Kier molecular flexibility index (Phi) is 3.65. The summed E-state index contributed by atoms with van der Waals surface area (Å²) in [6.45, 7) is 10.9. The molecule has 18 heavy (non-hydrogen) atoms. The first kappa shape index (κ1) is 12.9. The van der Waals surface area contributed by atoms with Crippen LogP contribution >= 0.6 is 0 Å². The van der Waals surface area contributed by atoms with Crippen molar-refractivity contribution in [3.63, 3.8) is 0 Å². The summed E-state index contributed by atoms with van der Waals surface area (Å²) in [6.07, 6.45) is 5.70. The summed E-state index contributed by atoms with van der Waals surface area (Å²) in [5, 5.41) is 3.55. The standard InChI is InChI=1S/C15H28N2O/c1-15(2)14-10-16-9-12(14)11-17(15)7-3-5-13-6-4-8-18-13/h12-14,16H,3-11H2,1-2H3. The molecular weight excluding hydrogens is 224 g/mol. The van der Waals surface area contributed by atoms with Crippen molar-refractivity contribution in [3.05, 3.63) is 0 Å². The van der Waals surface area contributed by atoms with E-state index in [-0.39, 0.29) is 0 Å². The second kappa shape index (κ2) is 5.10. The smallest absolute Gasteiger partial charge is 0.0576 e. The summed E-state index contributed by atoms with van der Waals surface area (Å²) in [7, 11) is 0. The van der Waals surface area contributed by atoms with Gasteiger partial charge in [-0.2, -0.15) is 0 Å². The van der Waals surface area contributed by atoms with Crippen LogP contribution in [0.4, 0.5) is 0 Å². The van der Waals surface area contributed by atoms with E-state index >= 15 is 0 Å². The number of hydrogen-bond donors (Lipinski definition) is 1. The summed E-state index contributed by atoms with van der Waals surface area (Å²) < 4.78 is 5.72. The highest BCUT2D eigenvalue weighted by Crippen LogP contribution is 2.40. The van der Waals surface area contributed by atoms with Crippen LogP contribution in [0.15, 0.2) is 0 Å². The molecule has 0 aromatic heterocycles. The maximum Gasteiger partial charge on any atom is 0.0576 e. The van der Waals surface area contributed by atoms with Crippen molar-refractivity contribution in [3.8, 4) is 0 Å². The van der Waals surface area contributed by atoms with E-state index < -0.39 is 0 Å². The van der Waals surface area contributed by atoms with Crippen molar-refractivity contribution < 1.29 is 4.74 Å². The van der Waals surface area contributed by atoms with Gasteiger partial charge in [0.2, 0.25) is 0 Å². The number of ether oxygens (including phenoxy) is 1. The lowest BCUT2D eigenvalue weighted by Crippen LogP contribution is -2.44. The van der Waals surface area contributed by atoms with Crippen molar-refractivity contribution >= 4 is 0 Å². The Balaban J connectivity index is 1.47. The predicted molar refractivity (Wildman–Crippen MR) is 73.7 cm³/mol. The van der Waals surface area contributed by atoms with Crippen molar-refractivity contribution in [2.45, 2.75) is 51.2 Å². The Morgan fingerprint density at radius 1 is 1.33 bits per heavy atom. The molecule has 0 aromatic rings. The van der Waals surface area contributed by atoms with Crippen LogP contribution < -0.4 is 5.32 Å². The summed E-state index contributed by atoms with van der Waals surface area (Å²) in [6, 6.07) is 0. The molecule has 1 N–H and O–H groups in total. The highest BCUT2D eigenvalue weighted by atomic mass is 16.5. The molecule has 3 rings (SSSR count). The van der Waals surface area contributed by atoms with E-state index in [1.165, 1.54) is 51.9 Å². The predicted octanol–water partition coefficient (Wildman–Crippen LogP) is 1.88. The van der Waals surface area contributed by atoms with Crippen LogP contribution in [0.2, 0.25) is 0 Å². The normalized spacial score (nSPS) is 39.3. The van der Waals surface area contributed by atoms with Crippen LogP contribution in [-0.2, 0) is 4.74 Å². The lowest BCUT2D eigenvalue weighted by molar-refractivity contribution is 0.0898. The molecule has 0 saturated carbocycles. The number of rotatable bonds is 4. The molecular formula is C15H28N2O. The van der Waals surface area contributed by atoms with Gasteiger partial charge in [0.15, 0.2) is 0 Å². The van der Waals surface area contributed by atoms with Crippen LogP contribution in [-0.4, -0.2) is 49.3 Å². The zero-order valence-corrected chi connectivity index (χ0v) is 12.0. The van der Waals surface area contributed by atoms with Gasteiger partial charge in [0.25, 0.3) is 0 Å². The molecule has 104 valence electrons. The van der Waals surface area contributed by atoms with Gasteiger partial charge in [0.1, 0.15) is 0 Å². The molecule has 3 nitrogen and oxygen atoms in total. The minimum Gasteiger partial charge on any atom is -0.378 e. The van der Waals surface area contributed by atoms with E-state index in [1.54, 1.807) is 0 Å². The van der Waals surface area contributed by atoms with E-state index in [4.69, 9.17) is 4.74 Å². The summed E-state index contributed by atoms with van der Waals surface area (Å²) in [5.41, 5.74) is 0.394. The first-order valence-corrected chi connectivity index (χ1v) is 7.75. The molecule has 3 heteroatoms. The minimum atomic E-state index is 0.394. The van der Waals surface area contributed by atoms with Crippen molar-refractivity contribution in [1.82, 2.24) is 10.2 Å². The molecule has 0 amide bonds. The third-order valence-corrected chi connectivity index (χ3v) is 5.50. The van der Waals surface area contributed by atoms with Crippen molar-refractivity contribution in [2.24, 2.45) is 11.8 Å². The SMILES string of the molecule is CC1(C)C2CNCC2CN1CCCC1CCCO1. The third-order valence-electron chi connectivity index (χ3n) is 5.50. The van der Waals surface area contributed by atoms with E-state index in [0.29, 0.717) is 11.6 Å². The molecule has 0 radical (unpaired) electrons. The molecule has 0 bridgehead atoms. The van der Waals surface area contributed by atoms with E-state index in [1.807, 2.05) is 0 Å². The minimum absolute atomic E-state index is 0.394. The fourth-order valence-electron chi connectivity index (χ4n) is 4.27. The average Bonchev–Trinajstić information content (AvgIpc) is 3.00. The van der Waals surface area contributed by atoms with Crippen LogP contribution in [0.3, 0.4) is 0 Å². The van der Waals surface area contributed by atoms with Gasteiger partial charge in [-0.15, -0.1) is 0 Å². The van der Waals surface area contributed by atoms with Crippen LogP contribution in [0, 0.1) is 11.8 Å². The fourth-order valence-corrected chi connectivity index (χ4v) is 4.27. The second-order valence-electron chi connectivity index (χ2n) is 6.90. The van der Waals surface area contributed by atoms with Gasteiger partial charge in [-0.1, -0.05) is 0 Å². The molecule has 3 fully saturated rings. The maximum absolute atomic E-state index is 5.72. The number of hydrogen-bond acceptors (Lipinski definition) is 3. The number of nitrogens with zero attached hydrogens (tertiary/aromatic N) is 1. The van der Waals surface area contributed by atoms with Gasteiger partial charge >= 0.3 is 0 Å². The van der Waals surface area contributed by atoms with Gasteiger partial charge in [-0.25, -0.2) is 0 Å². The van der Waals surface area contributed by atoms with Crippen molar-refractivity contribution in [2.75, 3.05) is 32.8 Å². The highest BCUT2D eigenvalue weighted by Gasteiger charge is 2.48. The van der Waals surface area contributed by atoms with Crippen LogP contribution in [0.25, 0.3) is 0 Å². The van der Waals surface area contributed by atoms with Gasteiger partial charge in [0, 0.05) is 25.2 Å². The second-order valence-corrected chi connectivity index (χ2v) is 6.90. The molecule has 0 aromatic carbocycles. The Hall–Kier alpha value is -0.120. The number of likely N-dealkylation sites (tertiary alicyclic amines) is 1. The largest absolute Gasteiger partial charge is 0.378 e. The summed E-state index contributed by atoms with van der Waals surface area (Å²) >= 11 is 0. The quantitative estimate of drug-likeness (QED) is 0.827. The molecule has 0 aliphatic carbocycles. The molecule has 3 atom stereocenters. The summed E-state index contributed by atoms with van der Waals surface area (Å²) in [5.74, 6) is 1.75. The zero-order valence-electron chi connectivity index (χ0n) is 12.0. The van der Waals surface area contributed by atoms with Gasteiger partial charge < -0.3 is 10.1 Å². The van der Waals surface area contributed by atoms with E-state index in [2.05, 4.69) is 24.1 Å². The third kappa shape index (κ3) is 2.33. The van der Waals surface area contributed by atoms with Gasteiger partial charge in [-0.05, 0) is 64.5 Å². The first-order chi connectivity index (χ1) is 8.68. The Morgan fingerprint density at radius 3 is 2.94 bits per heavy atom. The van der Waals surface area contributed by atoms with Crippen LogP contribution in [0.1, 0.15) is 39.5 Å². The van der Waals surface area contributed by atoms with Crippen LogP contribution in [0.5, 0.6) is 0 Å². The average molecular weight is 252 g/mol. The Labute approximate surface area is 111 Å².